The molecule has 1 fully saturated rings. The molecule has 1 aliphatic rings. The molecule has 3 rings (SSSR count). The molecule has 20 heavy (non-hydrogen) atoms. The Kier molecular flexibility index (Phi) is 3.55. The number of hydrogen-bond acceptors (Lipinski definition) is 4. The predicted octanol–water partition coefficient (Wildman–Crippen LogP) is 2.71. The average Bonchev–Trinajstić information content (AvgIpc) is 2.93. The first kappa shape index (κ1) is 13.6. The Morgan fingerprint density at radius 3 is 3.10 bits per heavy atom. The number of carbonyl (C=O) groups is 2. The Balaban J connectivity index is 1.89. The number of H-pyrrole nitrogens is 1. The van der Waals surface area contributed by atoms with Crippen LogP contribution in [0.4, 0.5) is 5.69 Å². The van der Waals surface area contributed by atoms with E-state index in [0.717, 1.165) is 21.2 Å². The lowest BCUT2D eigenvalue weighted by molar-refractivity contribution is -0.117. The summed E-state index contributed by atoms with van der Waals surface area (Å²) in [4.78, 5) is 25.0. The number of fused-ring (bicyclic) bond motifs is 1. The molecule has 1 amide bonds. The first-order valence-electron chi connectivity index (χ1n) is 6.16. The van der Waals surface area contributed by atoms with Crippen LogP contribution in [0.3, 0.4) is 0 Å². The molecule has 1 aliphatic heterocycles. The van der Waals surface area contributed by atoms with Gasteiger partial charge in [0.25, 0.3) is 0 Å². The van der Waals surface area contributed by atoms with Gasteiger partial charge in [-0.25, -0.2) is 0 Å². The molecule has 1 saturated heterocycles. The van der Waals surface area contributed by atoms with Crippen LogP contribution in [0.5, 0.6) is 0 Å². The van der Waals surface area contributed by atoms with Crippen molar-refractivity contribution < 1.29 is 9.59 Å². The van der Waals surface area contributed by atoms with E-state index in [0.29, 0.717) is 13.0 Å². The maximum Gasteiger partial charge on any atom is 0.228 e. The number of benzene rings is 1. The van der Waals surface area contributed by atoms with E-state index in [-0.39, 0.29) is 16.3 Å². The highest BCUT2D eigenvalue weighted by atomic mass is 79.9. The van der Waals surface area contributed by atoms with Gasteiger partial charge in [-0.2, -0.15) is 5.10 Å². The number of halogens is 1. The molecule has 1 aromatic carbocycles. The summed E-state index contributed by atoms with van der Waals surface area (Å²) in [6.45, 7) is 2.11. The third-order valence-electron chi connectivity index (χ3n) is 3.22. The van der Waals surface area contributed by atoms with Gasteiger partial charge in [-0.05, 0) is 34.1 Å². The van der Waals surface area contributed by atoms with Crippen molar-refractivity contribution in [1.82, 2.24) is 10.2 Å². The van der Waals surface area contributed by atoms with Crippen LogP contribution in [-0.2, 0) is 9.59 Å². The molecule has 2 heterocycles. The fourth-order valence-corrected chi connectivity index (χ4v) is 3.70. The van der Waals surface area contributed by atoms with Crippen LogP contribution in [0, 0.1) is 0 Å². The van der Waals surface area contributed by atoms with Gasteiger partial charge >= 0.3 is 0 Å². The summed E-state index contributed by atoms with van der Waals surface area (Å²) in [5, 5.41) is 8.03. The third-order valence-corrected chi connectivity index (χ3v) is 4.81. The number of hydrogen-bond donors (Lipinski definition) is 1. The molecule has 0 spiro atoms. The fraction of sp³-hybridized carbons (Fsp3) is 0.308. The summed E-state index contributed by atoms with van der Waals surface area (Å²) in [5.74, 6) is 0.0581. The SMILES string of the molecule is CC(=O)SC1CC(=O)N(c2ccc3n[nH]c(Br)c3c2)C1. The van der Waals surface area contributed by atoms with Gasteiger partial charge in [0.05, 0.1) is 5.52 Å². The fourth-order valence-electron chi connectivity index (χ4n) is 2.37. The lowest BCUT2D eigenvalue weighted by Crippen LogP contribution is -2.24. The zero-order valence-corrected chi connectivity index (χ0v) is 13.1. The molecule has 0 bridgehead atoms. The smallest absolute Gasteiger partial charge is 0.228 e. The summed E-state index contributed by atoms with van der Waals surface area (Å²) in [6.07, 6.45) is 0.412. The van der Waals surface area contributed by atoms with Crippen LogP contribution in [-0.4, -0.2) is 33.0 Å². The highest BCUT2D eigenvalue weighted by Gasteiger charge is 2.32. The minimum absolute atomic E-state index is 0.0449. The van der Waals surface area contributed by atoms with Crippen molar-refractivity contribution in [3.8, 4) is 0 Å². The topological polar surface area (TPSA) is 66.1 Å². The number of thioether (sulfide) groups is 1. The summed E-state index contributed by atoms with van der Waals surface area (Å²) in [7, 11) is 0. The first-order valence-corrected chi connectivity index (χ1v) is 7.83. The van der Waals surface area contributed by atoms with Gasteiger partial charge in [-0.3, -0.25) is 14.7 Å². The number of amides is 1. The lowest BCUT2D eigenvalue weighted by Gasteiger charge is -2.16. The van der Waals surface area contributed by atoms with E-state index >= 15 is 0 Å². The molecule has 7 heteroatoms. The van der Waals surface area contributed by atoms with Gasteiger partial charge in [-0.1, -0.05) is 11.8 Å². The van der Waals surface area contributed by atoms with Crippen molar-refractivity contribution in [2.75, 3.05) is 11.4 Å². The number of nitrogens with one attached hydrogen (secondary N) is 1. The van der Waals surface area contributed by atoms with Crippen LogP contribution in [0.15, 0.2) is 22.8 Å². The molecular weight excluding hydrogens is 342 g/mol. The van der Waals surface area contributed by atoms with E-state index in [4.69, 9.17) is 0 Å². The van der Waals surface area contributed by atoms with E-state index < -0.39 is 0 Å². The highest BCUT2D eigenvalue weighted by molar-refractivity contribution is 9.10. The number of aromatic nitrogens is 2. The maximum atomic E-state index is 12.1. The number of rotatable bonds is 2. The third kappa shape index (κ3) is 2.47. The zero-order valence-electron chi connectivity index (χ0n) is 10.7. The zero-order chi connectivity index (χ0) is 14.3. The quantitative estimate of drug-likeness (QED) is 0.901. The van der Waals surface area contributed by atoms with Crippen LogP contribution in [0.1, 0.15) is 13.3 Å². The van der Waals surface area contributed by atoms with E-state index in [2.05, 4.69) is 26.1 Å². The van der Waals surface area contributed by atoms with E-state index in [1.165, 1.54) is 18.7 Å². The van der Waals surface area contributed by atoms with Crippen molar-refractivity contribution in [3.63, 3.8) is 0 Å². The van der Waals surface area contributed by atoms with Gasteiger partial charge in [0.1, 0.15) is 4.60 Å². The minimum Gasteiger partial charge on any atom is -0.311 e. The summed E-state index contributed by atoms with van der Waals surface area (Å²) >= 11 is 4.64. The normalized spacial score (nSPS) is 19.0. The van der Waals surface area contributed by atoms with Gasteiger partial charge in [0.2, 0.25) is 5.91 Å². The van der Waals surface area contributed by atoms with Crippen LogP contribution >= 0.6 is 27.7 Å². The van der Waals surface area contributed by atoms with E-state index in [1.54, 1.807) is 4.90 Å². The molecule has 1 aromatic heterocycles. The Morgan fingerprint density at radius 2 is 2.35 bits per heavy atom. The Bertz CT molecular complexity index is 700. The van der Waals surface area contributed by atoms with Crippen molar-refractivity contribution in [3.05, 3.63) is 22.8 Å². The molecule has 5 nitrogen and oxygen atoms in total. The number of aromatic amines is 1. The van der Waals surface area contributed by atoms with Crippen molar-refractivity contribution in [2.24, 2.45) is 0 Å². The minimum atomic E-state index is 0.0449. The maximum absolute atomic E-state index is 12.1. The summed E-state index contributed by atoms with van der Waals surface area (Å²) in [5.41, 5.74) is 1.69. The van der Waals surface area contributed by atoms with Crippen molar-refractivity contribution in [1.29, 1.82) is 0 Å². The highest BCUT2D eigenvalue weighted by Crippen LogP contribution is 2.31. The molecule has 1 unspecified atom stereocenters. The monoisotopic (exact) mass is 353 g/mol. The van der Waals surface area contributed by atoms with Crippen LogP contribution in [0.25, 0.3) is 10.9 Å². The van der Waals surface area contributed by atoms with Gasteiger partial charge in [-0.15, -0.1) is 0 Å². The molecule has 2 aromatic rings. The van der Waals surface area contributed by atoms with E-state index in [9.17, 15) is 9.59 Å². The number of anilines is 1. The summed E-state index contributed by atoms with van der Waals surface area (Å²) < 4.78 is 0.802. The molecule has 0 radical (unpaired) electrons. The van der Waals surface area contributed by atoms with Gasteiger partial charge < -0.3 is 4.90 Å². The van der Waals surface area contributed by atoms with Gasteiger partial charge in [0.15, 0.2) is 5.12 Å². The summed E-state index contributed by atoms with van der Waals surface area (Å²) in [6, 6.07) is 5.70. The van der Waals surface area contributed by atoms with Crippen molar-refractivity contribution >= 4 is 55.3 Å². The number of nitrogens with zero attached hydrogens (tertiary/aromatic N) is 2. The Hall–Kier alpha value is -1.34. The second kappa shape index (κ2) is 5.21. The molecule has 0 saturated carbocycles. The molecule has 1 atom stereocenters. The molecule has 104 valence electrons. The average molecular weight is 354 g/mol. The van der Waals surface area contributed by atoms with Crippen LogP contribution in [0.2, 0.25) is 0 Å². The van der Waals surface area contributed by atoms with E-state index in [1.807, 2.05) is 18.2 Å². The second-order valence-corrected chi connectivity index (χ2v) is 6.95. The molecule has 1 N–H and O–H groups in total. The number of carbonyl (C=O) groups excluding carboxylic acids is 2. The predicted molar refractivity (Wildman–Crippen MR) is 82.8 cm³/mol. The first-order chi connectivity index (χ1) is 9.54. The largest absolute Gasteiger partial charge is 0.311 e. The molecule has 0 aliphatic carbocycles. The van der Waals surface area contributed by atoms with Gasteiger partial charge in [0, 0.05) is 36.2 Å². The lowest BCUT2D eigenvalue weighted by atomic mass is 10.2. The van der Waals surface area contributed by atoms with Crippen molar-refractivity contribution in [2.45, 2.75) is 18.6 Å². The van der Waals surface area contributed by atoms with Crippen LogP contribution < -0.4 is 4.90 Å². The Morgan fingerprint density at radius 1 is 1.55 bits per heavy atom. The molecular formula is C13H12BrN3O2S. The second-order valence-electron chi connectivity index (χ2n) is 4.68. The standard InChI is InChI=1S/C13H12BrN3O2S/c1-7(18)20-9-5-12(19)17(6-9)8-2-3-11-10(4-8)13(14)16-15-11/h2-4,9H,5-6H2,1H3,(H,15,16). The Labute approximate surface area is 128 Å².